The quantitative estimate of drug-likeness (QED) is 0.388. The topological polar surface area (TPSA) is 22.1 Å². The summed E-state index contributed by atoms with van der Waals surface area (Å²) in [5.41, 5.74) is 1.31. The van der Waals surface area contributed by atoms with Crippen LogP contribution in [0.25, 0.3) is 11.3 Å². The first-order valence-electron chi connectivity index (χ1n) is 8.52. The average Bonchev–Trinajstić information content (AvgIpc) is 3.06. The van der Waals surface area contributed by atoms with Crippen molar-refractivity contribution in [2.24, 2.45) is 0 Å². The second-order valence-electron chi connectivity index (χ2n) is 6.15. The number of hydrogen-bond donors (Lipinski definition) is 0. The molecule has 0 unspecified atom stereocenters. The van der Waals surface area contributed by atoms with Crippen LogP contribution in [0.2, 0.25) is 5.02 Å². The average molecular weight is 430 g/mol. The van der Waals surface area contributed by atoms with Crippen LogP contribution in [-0.2, 0) is 19.2 Å². The van der Waals surface area contributed by atoms with E-state index in [1.165, 1.54) is 12.1 Å². The van der Waals surface area contributed by atoms with Crippen molar-refractivity contribution in [1.82, 2.24) is 4.37 Å². The van der Waals surface area contributed by atoms with Gasteiger partial charge < -0.3 is 4.74 Å². The fourth-order valence-corrected chi connectivity index (χ4v) is 3.65. The standard InChI is InChI=1S/C20H16ClF4NOS/c1-2-3-12-4-9-17(16(22)10-12)27-11-15-18(13-5-7-14(21)8-6-13)26-28-19(15)20(23,24)25/h4-10H,2-3,11H2,1H3. The zero-order valence-corrected chi connectivity index (χ0v) is 16.4. The van der Waals surface area contributed by atoms with Gasteiger partial charge in [0.05, 0.1) is 5.69 Å². The highest BCUT2D eigenvalue weighted by molar-refractivity contribution is 7.06. The molecule has 28 heavy (non-hydrogen) atoms. The van der Waals surface area contributed by atoms with Gasteiger partial charge in [0.2, 0.25) is 0 Å². The van der Waals surface area contributed by atoms with E-state index in [2.05, 4.69) is 4.37 Å². The van der Waals surface area contributed by atoms with E-state index in [0.29, 0.717) is 28.5 Å². The van der Waals surface area contributed by atoms with Gasteiger partial charge in [-0.25, -0.2) is 4.39 Å². The number of benzene rings is 2. The Morgan fingerprint density at radius 2 is 1.82 bits per heavy atom. The fraction of sp³-hybridized carbons (Fsp3) is 0.250. The number of aromatic nitrogens is 1. The van der Waals surface area contributed by atoms with Gasteiger partial charge in [0.15, 0.2) is 11.6 Å². The van der Waals surface area contributed by atoms with Crippen molar-refractivity contribution in [1.29, 1.82) is 0 Å². The largest absolute Gasteiger partial charge is 0.486 e. The van der Waals surface area contributed by atoms with E-state index in [1.54, 1.807) is 30.3 Å². The lowest BCUT2D eigenvalue weighted by Crippen LogP contribution is -2.09. The molecule has 2 nitrogen and oxygen atoms in total. The molecule has 1 heterocycles. The third-order valence-corrected chi connectivity index (χ3v) is 5.26. The summed E-state index contributed by atoms with van der Waals surface area (Å²) >= 11 is 6.20. The molecule has 0 radical (unpaired) electrons. The van der Waals surface area contributed by atoms with Crippen LogP contribution in [0.5, 0.6) is 5.75 Å². The molecule has 0 spiro atoms. The smallest absolute Gasteiger partial charge is 0.427 e. The number of halogens is 5. The Kier molecular flexibility index (Phi) is 6.25. The highest BCUT2D eigenvalue weighted by atomic mass is 35.5. The zero-order chi connectivity index (χ0) is 20.3. The van der Waals surface area contributed by atoms with Gasteiger partial charge in [-0.05, 0) is 47.8 Å². The van der Waals surface area contributed by atoms with Crippen LogP contribution in [0.15, 0.2) is 42.5 Å². The summed E-state index contributed by atoms with van der Waals surface area (Å²) in [4.78, 5) is -0.861. The van der Waals surface area contributed by atoms with Gasteiger partial charge >= 0.3 is 6.18 Å². The van der Waals surface area contributed by atoms with E-state index in [9.17, 15) is 17.6 Å². The van der Waals surface area contributed by atoms with Crippen molar-refractivity contribution >= 4 is 23.1 Å². The number of nitrogens with zero attached hydrogens (tertiary/aromatic N) is 1. The summed E-state index contributed by atoms with van der Waals surface area (Å²) < 4.78 is 63.8. The summed E-state index contributed by atoms with van der Waals surface area (Å²) in [7, 11) is 0. The van der Waals surface area contributed by atoms with Crippen molar-refractivity contribution in [3.05, 3.63) is 69.3 Å². The lowest BCUT2D eigenvalue weighted by Gasteiger charge is -2.12. The van der Waals surface area contributed by atoms with Gasteiger partial charge in [0, 0.05) is 16.1 Å². The van der Waals surface area contributed by atoms with Crippen LogP contribution >= 0.6 is 23.1 Å². The molecule has 2 aromatic carbocycles. The van der Waals surface area contributed by atoms with E-state index in [1.807, 2.05) is 6.92 Å². The van der Waals surface area contributed by atoms with Crippen LogP contribution in [0, 0.1) is 5.82 Å². The predicted molar refractivity (Wildman–Crippen MR) is 102 cm³/mol. The normalized spacial score (nSPS) is 11.6. The molecule has 3 rings (SSSR count). The minimum absolute atomic E-state index is 0.0961. The lowest BCUT2D eigenvalue weighted by atomic mass is 10.1. The Balaban J connectivity index is 1.92. The van der Waals surface area contributed by atoms with E-state index >= 15 is 0 Å². The van der Waals surface area contributed by atoms with Gasteiger partial charge in [-0.3, -0.25) is 0 Å². The van der Waals surface area contributed by atoms with E-state index in [0.717, 1.165) is 12.0 Å². The SMILES string of the molecule is CCCc1ccc(OCc2c(-c3ccc(Cl)cc3)nsc2C(F)(F)F)c(F)c1. The molecule has 3 aromatic rings. The minimum atomic E-state index is -4.58. The van der Waals surface area contributed by atoms with Gasteiger partial charge in [-0.2, -0.15) is 17.5 Å². The Bertz CT molecular complexity index is 954. The van der Waals surface area contributed by atoms with Crippen LogP contribution in [0.3, 0.4) is 0 Å². The fourth-order valence-electron chi connectivity index (χ4n) is 2.76. The molecule has 0 saturated carbocycles. The monoisotopic (exact) mass is 429 g/mol. The lowest BCUT2D eigenvalue weighted by molar-refractivity contribution is -0.135. The molecule has 0 saturated heterocycles. The summed E-state index contributed by atoms with van der Waals surface area (Å²) in [5, 5.41) is 0.460. The molecule has 0 fully saturated rings. The number of rotatable bonds is 6. The van der Waals surface area contributed by atoms with Crippen molar-refractivity contribution < 1.29 is 22.3 Å². The van der Waals surface area contributed by atoms with Gasteiger partial charge in [0.25, 0.3) is 0 Å². The maximum Gasteiger partial charge on any atom is 0.427 e. The highest BCUT2D eigenvalue weighted by Crippen LogP contribution is 2.40. The molecule has 0 N–H and O–H groups in total. The Morgan fingerprint density at radius 3 is 2.43 bits per heavy atom. The van der Waals surface area contributed by atoms with Gasteiger partial charge in [-0.1, -0.05) is 43.1 Å². The van der Waals surface area contributed by atoms with Crippen LogP contribution in [0.4, 0.5) is 17.6 Å². The first kappa shape index (κ1) is 20.6. The molecule has 0 aliphatic carbocycles. The summed E-state index contributed by atoms with van der Waals surface area (Å²) in [6.07, 6.45) is -3.01. The number of aryl methyl sites for hydroxylation is 1. The minimum Gasteiger partial charge on any atom is -0.486 e. The molecular formula is C20H16ClF4NOS. The van der Waals surface area contributed by atoms with Crippen LogP contribution in [-0.4, -0.2) is 4.37 Å². The maximum atomic E-state index is 14.2. The second kappa shape index (κ2) is 8.49. The van der Waals surface area contributed by atoms with Crippen molar-refractivity contribution in [3.8, 4) is 17.0 Å². The molecule has 0 amide bonds. The van der Waals surface area contributed by atoms with Crippen LogP contribution < -0.4 is 4.74 Å². The van der Waals surface area contributed by atoms with E-state index in [4.69, 9.17) is 16.3 Å². The van der Waals surface area contributed by atoms with Crippen molar-refractivity contribution in [2.45, 2.75) is 32.5 Å². The molecule has 1 aromatic heterocycles. The van der Waals surface area contributed by atoms with E-state index in [-0.39, 0.29) is 17.0 Å². The molecule has 148 valence electrons. The maximum absolute atomic E-state index is 14.2. The number of ether oxygens (including phenoxy) is 1. The summed E-state index contributed by atoms with van der Waals surface area (Å²) in [5.74, 6) is -0.697. The summed E-state index contributed by atoms with van der Waals surface area (Å²) in [6.45, 7) is 1.52. The van der Waals surface area contributed by atoms with Gasteiger partial charge in [-0.15, -0.1) is 0 Å². The van der Waals surface area contributed by atoms with Crippen LogP contribution in [0.1, 0.15) is 29.3 Å². The third-order valence-electron chi connectivity index (χ3n) is 4.07. The van der Waals surface area contributed by atoms with Crippen molar-refractivity contribution in [2.75, 3.05) is 0 Å². The Hall–Kier alpha value is -2.12. The predicted octanol–water partition coefficient (Wildman–Crippen LogP) is 7.15. The molecule has 0 aliphatic rings. The summed E-state index contributed by atoms with van der Waals surface area (Å²) in [6, 6.07) is 10.8. The molecule has 8 heteroatoms. The van der Waals surface area contributed by atoms with Crippen molar-refractivity contribution in [3.63, 3.8) is 0 Å². The highest BCUT2D eigenvalue weighted by Gasteiger charge is 2.38. The third kappa shape index (κ3) is 4.64. The number of hydrogen-bond acceptors (Lipinski definition) is 3. The molecular weight excluding hydrogens is 414 g/mol. The second-order valence-corrected chi connectivity index (χ2v) is 7.36. The Morgan fingerprint density at radius 1 is 1.11 bits per heavy atom. The molecule has 0 atom stereocenters. The first-order chi connectivity index (χ1) is 13.3. The van der Waals surface area contributed by atoms with E-state index < -0.39 is 23.5 Å². The number of alkyl halides is 3. The Labute approximate surface area is 168 Å². The van der Waals surface area contributed by atoms with Gasteiger partial charge in [0.1, 0.15) is 11.5 Å². The molecule has 0 bridgehead atoms. The zero-order valence-electron chi connectivity index (χ0n) is 14.8. The molecule has 0 aliphatic heterocycles. The first-order valence-corrected chi connectivity index (χ1v) is 9.67.